The summed E-state index contributed by atoms with van der Waals surface area (Å²) in [6.45, 7) is 0. The van der Waals surface area contributed by atoms with E-state index in [1.807, 2.05) is 0 Å². The standard InChI is InChI=1S/C28H6F6N12S2/c29-27(30,31)21-18-16(12(8-36)26-46-44-14(10-38)48-26)20(24-41-5-2-6-42-24)22(28(32,33)34)17(18)15(19(21)23-39-3-1-4-40-23)11(7-35)25-45-43-13(9-37)47-25/h1-6H/b15-11+,16-12+. The minimum Gasteiger partial charge on any atom is -0.237 e. The van der Waals surface area contributed by atoms with Crippen LogP contribution < -0.4 is 0 Å². The second-order valence-electron chi connectivity index (χ2n) is 9.16. The van der Waals surface area contributed by atoms with Gasteiger partial charge in [-0.05, 0) is 12.1 Å². The Balaban J connectivity index is 1.92. The number of hydrogen-bond acceptors (Lipinski definition) is 14. The molecule has 20 heteroatoms. The van der Waals surface area contributed by atoms with Crippen LogP contribution in [0, 0.1) is 45.3 Å². The van der Waals surface area contributed by atoms with E-state index in [1.165, 1.54) is 12.1 Å². The Kier molecular flexibility index (Phi) is 7.68. The number of nitriles is 4. The monoisotopic (exact) mass is 688 g/mol. The molecule has 6 rings (SSSR count). The predicted molar refractivity (Wildman–Crippen MR) is 151 cm³/mol. The van der Waals surface area contributed by atoms with E-state index >= 15 is 26.3 Å². The molecular weight excluding hydrogens is 683 g/mol. The van der Waals surface area contributed by atoms with Gasteiger partial charge in [-0.3, -0.25) is 0 Å². The Morgan fingerprint density at radius 3 is 1.17 bits per heavy atom. The first-order valence-corrected chi connectivity index (χ1v) is 14.3. The number of nitrogens with zero attached hydrogens (tertiary/aromatic N) is 12. The molecule has 0 amide bonds. The van der Waals surface area contributed by atoms with Crippen LogP contribution in [0.3, 0.4) is 0 Å². The highest BCUT2D eigenvalue weighted by molar-refractivity contribution is 7.13. The maximum Gasteiger partial charge on any atom is 0.417 e. The van der Waals surface area contributed by atoms with Gasteiger partial charge >= 0.3 is 12.4 Å². The van der Waals surface area contributed by atoms with Gasteiger partial charge in [0.05, 0.1) is 22.3 Å². The Morgan fingerprint density at radius 1 is 0.542 bits per heavy atom. The molecule has 0 atom stereocenters. The number of aromatic nitrogens is 8. The molecule has 0 aliphatic heterocycles. The molecule has 0 bridgehead atoms. The second-order valence-corrected chi connectivity index (χ2v) is 11.1. The fourth-order valence-corrected chi connectivity index (χ4v) is 6.31. The van der Waals surface area contributed by atoms with E-state index in [9.17, 15) is 21.0 Å². The van der Waals surface area contributed by atoms with Crippen LogP contribution in [0.25, 0.3) is 22.3 Å². The highest BCUT2D eigenvalue weighted by atomic mass is 32.1. The number of allylic oxidation sites excluding steroid dienone is 10. The van der Waals surface area contributed by atoms with Crippen LogP contribution in [0.1, 0.15) is 31.7 Å². The lowest BCUT2D eigenvalue weighted by atomic mass is 9.88. The molecule has 0 fully saturated rings. The zero-order valence-electron chi connectivity index (χ0n) is 22.9. The summed E-state index contributed by atoms with van der Waals surface area (Å²) in [4.78, 5) is 15.5. The maximum absolute atomic E-state index is 15.5. The van der Waals surface area contributed by atoms with E-state index in [-0.39, 0.29) is 10.0 Å². The van der Waals surface area contributed by atoms with Gasteiger partial charge in [-0.15, -0.1) is 20.4 Å². The summed E-state index contributed by atoms with van der Waals surface area (Å²) in [7, 11) is 0. The topological polar surface area (TPSA) is 198 Å². The van der Waals surface area contributed by atoms with E-state index in [1.54, 1.807) is 24.3 Å². The molecule has 232 valence electrons. The Bertz CT molecular complexity index is 2190. The molecule has 0 spiro atoms. The third kappa shape index (κ3) is 5.07. The molecule has 4 aromatic heterocycles. The van der Waals surface area contributed by atoms with Crippen molar-refractivity contribution in [3.8, 4) is 24.3 Å². The highest BCUT2D eigenvalue weighted by Gasteiger charge is 2.57. The van der Waals surface area contributed by atoms with Crippen molar-refractivity contribution < 1.29 is 26.3 Å². The molecule has 12 nitrogen and oxygen atoms in total. The van der Waals surface area contributed by atoms with Crippen molar-refractivity contribution in [1.29, 1.82) is 21.0 Å². The van der Waals surface area contributed by atoms with Gasteiger partial charge in [0.15, 0.2) is 21.7 Å². The molecule has 0 N–H and O–H groups in total. The van der Waals surface area contributed by atoms with Gasteiger partial charge in [0, 0.05) is 58.2 Å². The van der Waals surface area contributed by atoms with Crippen LogP contribution in [0.2, 0.25) is 0 Å². The maximum atomic E-state index is 15.5. The Morgan fingerprint density at radius 2 is 0.896 bits per heavy atom. The lowest BCUT2D eigenvalue weighted by Crippen LogP contribution is -2.18. The summed E-state index contributed by atoms with van der Waals surface area (Å²) < 4.78 is 92.8. The SMILES string of the molecule is N#C/C(=C1C2=C(C(C(F)(F)F)=C/1c1ncccn1)/C(=C(/C#N)c1nnc(C#N)s1)C(c1ncccn1)=C2C(F)(F)F)c1nnc(C#N)s1. The molecule has 4 aromatic rings. The van der Waals surface area contributed by atoms with Crippen molar-refractivity contribution in [2.75, 3.05) is 0 Å². The van der Waals surface area contributed by atoms with Crippen molar-refractivity contribution in [2.45, 2.75) is 12.4 Å². The molecule has 0 saturated carbocycles. The first-order chi connectivity index (χ1) is 22.9. The van der Waals surface area contributed by atoms with Crippen molar-refractivity contribution in [2.24, 2.45) is 0 Å². The molecular formula is C28H6F6N12S2. The molecule has 0 saturated heterocycles. The predicted octanol–water partition coefficient (Wildman–Crippen LogP) is 5.32. The first-order valence-electron chi connectivity index (χ1n) is 12.6. The minimum absolute atomic E-state index is 0.337. The van der Waals surface area contributed by atoms with Crippen LogP contribution >= 0.6 is 22.7 Å². The Labute approximate surface area is 271 Å². The van der Waals surface area contributed by atoms with Crippen LogP contribution in [0.5, 0.6) is 0 Å². The van der Waals surface area contributed by atoms with E-state index in [0.717, 1.165) is 24.8 Å². The summed E-state index contributed by atoms with van der Waals surface area (Å²) in [5.74, 6) is -1.43. The van der Waals surface area contributed by atoms with Crippen LogP contribution in [0.15, 0.2) is 70.4 Å². The van der Waals surface area contributed by atoms with Gasteiger partial charge in [0.2, 0.25) is 10.0 Å². The third-order valence-electron chi connectivity index (χ3n) is 6.59. The summed E-state index contributed by atoms with van der Waals surface area (Å²) >= 11 is 0.895. The minimum atomic E-state index is -5.48. The van der Waals surface area contributed by atoms with E-state index in [4.69, 9.17) is 0 Å². The normalized spacial score (nSPS) is 16.7. The van der Waals surface area contributed by atoms with Gasteiger partial charge in [-0.25, -0.2) is 19.9 Å². The van der Waals surface area contributed by atoms with E-state index < -0.39 is 89.7 Å². The second kappa shape index (κ2) is 11.7. The van der Waals surface area contributed by atoms with Crippen molar-refractivity contribution >= 4 is 45.0 Å². The molecule has 48 heavy (non-hydrogen) atoms. The molecule has 2 aliphatic carbocycles. The Hall–Kier alpha value is -6.48. The van der Waals surface area contributed by atoms with E-state index in [0.29, 0.717) is 22.7 Å². The number of alkyl halides is 6. The van der Waals surface area contributed by atoms with Crippen LogP contribution in [-0.2, 0) is 0 Å². The summed E-state index contributed by atoms with van der Waals surface area (Å²) in [6, 6.07) is 9.08. The smallest absolute Gasteiger partial charge is 0.237 e. The first kappa shape index (κ1) is 31.5. The molecule has 0 aromatic carbocycles. The lowest BCUT2D eigenvalue weighted by molar-refractivity contribution is -0.0902. The quantitative estimate of drug-likeness (QED) is 0.198. The summed E-state index contributed by atoms with van der Waals surface area (Å²) in [6.07, 6.45) is -6.79. The molecule has 0 unspecified atom stereocenters. The molecule has 2 aliphatic rings. The summed E-state index contributed by atoms with van der Waals surface area (Å²) in [5.41, 5.74) is -11.4. The number of rotatable bonds is 4. The van der Waals surface area contributed by atoms with Crippen molar-refractivity contribution in [1.82, 2.24) is 40.3 Å². The third-order valence-corrected chi connectivity index (χ3v) is 8.28. The number of halogens is 6. The fourth-order valence-electron chi connectivity index (χ4n) is 5.03. The highest BCUT2D eigenvalue weighted by Crippen LogP contribution is 2.63. The molecule has 0 radical (unpaired) electrons. The zero-order valence-corrected chi connectivity index (χ0v) is 24.5. The van der Waals surface area contributed by atoms with Crippen LogP contribution in [-0.4, -0.2) is 52.7 Å². The van der Waals surface area contributed by atoms with Gasteiger partial charge in [-0.2, -0.15) is 47.4 Å². The number of hydrogen-bond donors (Lipinski definition) is 0. The van der Waals surface area contributed by atoms with Crippen LogP contribution in [0.4, 0.5) is 26.3 Å². The van der Waals surface area contributed by atoms with Crippen molar-refractivity contribution in [3.05, 3.63) is 102 Å². The largest absolute Gasteiger partial charge is 0.417 e. The molecule has 4 heterocycles. The van der Waals surface area contributed by atoms with Gasteiger partial charge in [0.1, 0.15) is 24.3 Å². The average Bonchev–Trinajstić information content (AvgIpc) is 3.86. The average molecular weight is 689 g/mol. The van der Waals surface area contributed by atoms with E-state index in [2.05, 4.69) is 40.3 Å². The van der Waals surface area contributed by atoms with Gasteiger partial charge < -0.3 is 0 Å². The summed E-state index contributed by atoms with van der Waals surface area (Å²) in [5, 5.41) is 52.1. The lowest BCUT2D eigenvalue weighted by Gasteiger charge is -2.20. The zero-order chi connectivity index (χ0) is 34.4. The van der Waals surface area contributed by atoms with Gasteiger partial charge in [-0.1, -0.05) is 22.7 Å². The van der Waals surface area contributed by atoms with Gasteiger partial charge in [0.25, 0.3) is 0 Å². The van der Waals surface area contributed by atoms with Crippen molar-refractivity contribution in [3.63, 3.8) is 0 Å². The fraction of sp³-hybridized carbons (Fsp3) is 0.0714.